The highest BCUT2D eigenvalue weighted by atomic mass is 32.2. The molecule has 1 amide bonds. The van der Waals surface area contributed by atoms with Gasteiger partial charge in [-0.15, -0.1) is 5.10 Å². The smallest absolute Gasteiger partial charge is 0.278 e. The number of sulfonamides is 1. The Balaban J connectivity index is 1.52. The molecular weight excluding hydrogens is 433 g/mol. The first-order chi connectivity index (χ1) is 15.3. The summed E-state index contributed by atoms with van der Waals surface area (Å²) < 4.78 is 42.1. The fraction of sp³-hybridized carbons (Fsp3) is 0.0455. The Morgan fingerprint density at radius 3 is 2.34 bits per heavy atom. The van der Waals surface area contributed by atoms with Crippen molar-refractivity contribution in [3.05, 3.63) is 96.1 Å². The van der Waals surface area contributed by atoms with Crippen molar-refractivity contribution in [2.45, 2.75) is 11.8 Å². The molecule has 0 aliphatic rings. The SMILES string of the molecule is Cc1c(C(=O)Nc2cccc(NS(=O)(=O)c3ccccc3)c2)nnn1-c1ccc(F)cc1. The Bertz CT molecular complexity index is 1370. The molecule has 4 aromatic rings. The van der Waals surface area contributed by atoms with Crippen molar-refractivity contribution < 1.29 is 17.6 Å². The number of rotatable bonds is 6. The van der Waals surface area contributed by atoms with E-state index in [-0.39, 0.29) is 16.4 Å². The Hall–Kier alpha value is -4.05. The molecule has 0 unspecified atom stereocenters. The molecule has 0 aliphatic carbocycles. The monoisotopic (exact) mass is 451 g/mol. The van der Waals surface area contributed by atoms with Crippen molar-refractivity contribution in [3.63, 3.8) is 0 Å². The van der Waals surface area contributed by atoms with Crippen LogP contribution in [-0.2, 0) is 10.0 Å². The minimum Gasteiger partial charge on any atom is -0.320 e. The maximum atomic E-state index is 13.2. The van der Waals surface area contributed by atoms with Crippen LogP contribution in [0.2, 0.25) is 0 Å². The summed E-state index contributed by atoms with van der Waals surface area (Å²) in [4.78, 5) is 12.9. The zero-order chi connectivity index (χ0) is 22.7. The minimum atomic E-state index is -3.76. The van der Waals surface area contributed by atoms with Crippen LogP contribution in [-0.4, -0.2) is 29.3 Å². The average molecular weight is 451 g/mol. The van der Waals surface area contributed by atoms with Crippen LogP contribution >= 0.6 is 0 Å². The number of anilines is 2. The summed E-state index contributed by atoms with van der Waals surface area (Å²) in [7, 11) is -3.76. The maximum Gasteiger partial charge on any atom is 0.278 e. The summed E-state index contributed by atoms with van der Waals surface area (Å²) in [6.45, 7) is 1.67. The van der Waals surface area contributed by atoms with Gasteiger partial charge in [0, 0.05) is 5.69 Å². The van der Waals surface area contributed by atoms with E-state index in [2.05, 4.69) is 20.4 Å². The van der Waals surface area contributed by atoms with Crippen LogP contribution in [0.3, 0.4) is 0 Å². The van der Waals surface area contributed by atoms with Crippen LogP contribution < -0.4 is 10.0 Å². The van der Waals surface area contributed by atoms with Gasteiger partial charge in [0.15, 0.2) is 5.69 Å². The second-order valence-electron chi connectivity index (χ2n) is 6.87. The number of nitrogens with one attached hydrogen (secondary N) is 2. The molecule has 3 aromatic carbocycles. The predicted octanol–water partition coefficient (Wildman–Crippen LogP) is 3.77. The van der Waals surface area contributed by atoms with Gasteiger partial charge in [0.1, 0.15) is 5.82 Å². The van der Waals surface area contributed by atoms with E-state index in [1.807, 2.05) is 0 Å². The summed E-state index contributed by atoms with van der Waals surface area (Å²) in [5.74, 6) is -0.897. The lowest BCUT2D eigenvalue weighted by Gasteiger charge is -2.10. The van der Waals surface area contributed by atoms with Crippen LogP contribution in [0.25, 0.3) is 5.69 Å². The van der Waals surface area contributed by atoms with Crippen LogP contribution in [0.1, 0.15) is 16.2 Å². The highest BCUT2D eigenvalue weighted by Gasteiger charge is 2.18. The van der Waals surface area contributed by atoms with Crippen molar-refractivity contribution in [2.24, 2.45) is 0 Å². The molecular formula is C22H18FN5O3S. The molecule has 2 N–H and O–H groups in total. The van der Waals surface area contributed by atoms with Crippen LogP contribution in [0.5, 0.6) is 0 Å². The molecule has 0 radical (unpaired) electrons. The fourth-order valence-corrected chi connectivity index (χ4v) is 4.10. The zero-order valence-electron chi connectivity index (χ0n) is 16.9. The van der Waals surface area contributed by atoms with Gasteiger partial charge in [-0.05, 0) is 61.5 Å². The molecule has 0 aliphatic heterocycles. The molecule has 0 bridgehead atoms. The van der Waals surface area contributed by atoms with Gasteiger partial charge < -0.3 is 5.32 Å². The predicted molar refractivity (Wildman–Crippen MR) is 118 cm³/mol. The first kappa shape index (κ1) is 21.2. The fourth-order valence-electron chi connectivity index (χ4n) is 3.03. The van der Waals surface area contributed by atoms with E-state index < -0.39 is 15.9 Å². The highest BCUT2D eigenvalue weighted by molar-refractivity contribution is 7.92. The Kier molecular flexibility index (Phi) is 5.69. The number of amides is 1. The minimum absolute atomic E-state index is 0.0876. The summed E-state index contributed by atoms with van der Waals surface area (Å²) in [6.07, 6.45) is 0. The summed E-state index contributed by atoms with van der Waals surface area (Å²) >= 11 is 0. The van der Waals surface area contributed by atoms with Gasteiger partial charge in [-0.1, -0.05) is 29.5 Å². The molecule has 4 rings (SSSR count). The summed E-state index contributed by atoms with van der Waals surface area (Å²) in [5.41, 5.74) is 1.78. The first-order valence-corrected chi connectivity index (χ1v) is 11.0. The van der Waals surface area contributed by atoms with Crippen molar-refractivity contribution in [3.8, 4) is 5.69 Å². The van der Waals surface area contributed by atoms with Gasteiger partial charge in [-0.2, -0.15) is 0 Å². The van der Waals surface area contributed by atoms with Crippen LogP contribution in [0.15, 0.2) is 83.8 Å². The number of carbonyl (C=O) groups excluding carboxylic acids is 1. The number of carbonyl (C=O) groups is 1. The number of hydrogen-bond acceptors (Lipinski definition) is 5. The Morgan fingerprint density at radius 1 is 0.938 bits per heavy atom. The first-order valence-electron chi connectivity index (χ1n) is 9.51. The van der Waals surface area contributed by atoms with Gasteiger partial charge in [-0.25, -0.2) is 17.5 Å². The van der Waals surface area contributed by atoms with E-state index >= 15 is 0 Å². The third-order valence-corrected chi connectivity index (χ3v) is 6.00. The second-order valence-corrected chi connectivity index (χ2v) is 8.55. The lowest BCUT2D eigenvalue weighted by Crippen LogP contribution is -2.15. The van der Waals surface area contributed by atoms with Crippen molar-refractivity contribution >= 4 is 27.3 Å². The molecule has 1 heterocycles. The average Bonchev–Trinajstić information content (AvgIpc) is 3.16. The zero-order valence-corrected chi connectivity index (χ0v) is 17.7. The number of benzene rings is 3. The van der Waals surface area contributed by atoms with Crippen molar-refractivity contribution in [1.82, 2.24) is 15.0 Å². The molecule has 0 spiro atoms. The third kappa shape index (κ3) is 4.49. The number of halogens is 1. The lowest BCUT2D eigenvalue weighted by atomic mass is 10.2. The van der Waals surface area contributed by atoms with E-state index in [9.17, 15) is 17.6 Å². The molecule has 32 heavy (non-hydrogen) atoms. The Labute approximate surface area is 183 Å². The standard InChI is InChI=1S/C22H18FN5O3S/c1-15-21(25-27-28(15)19-12-10-16(23)11-13-19)22(29)24-17-6-5-7-18(14-17)26-32(30,31)20-8-3-2-4-9-20/h2-14,26H,1H3,(H,24,29). The van der Waals surface area contributed by atoms with Gasteiger partial charge >= 0.3 is 0 Å². The summed E-state index contributed by atoms with van der Waals surface area (Å²) in [6, 6.07) is 19.9. The van der Waals surface area contributed by atoms with E-state index in [1.165, 1.54) is 47.1 Å². The third-order valence-electron chi connectivity index (χ3n) is 4.61. The van der Waals surface area contributed by atoms with E-state index in [0.717, 1.165) is 0 Å². The molecule has 8 nitrogen and oxygen atoms in total. The largest absolute Gasteiger partial charge is 0.320 e. The molecule has 0 fully saturated rings. The van der Waals surface area contributed by atoms with Gasteiger partial charge in [0.2, 0.25) is 0 Å². The number of hydrogen-bond donors (Lipinski definition) is 2. The molecule has 1 aromatic heterocycles. The van der Waals surface area contributed by atoms with Gasteiger partial charge in [0.25, 0.3) is 15.9 Å². The Morgan fingerprint density at radius 2 is 1.62 bits per heavy atom. The molecule has 0 atom stereocenters. The lowest BCUT2D eigenvalue weighted by molar-refractivity contribution is 0.102. The van der Waals surface area contributed by atoms with Crippen molar-refractivity contribution in [2.75, 3.05) is 10.0 Å². The quantitative estimate of drug-likeness (QED) is 0.464. The van der Waals surface area contributed by atoms with E-state index in [0.29, 0.717) is 22.8 Å². The van der Waals surface area contributed by atoms with Crippen LogP contribution in [0.4, 0.5) is 15.8 Å². The molecule has 162 valence electrons. The molecule has 0 saturated heterocycles. The molecule has 0 saturated carbocycles. The molecule has 10 heteroatoms. The van der Waals surface area contributed by atoms with E-state index in [1.54, 1.807) is 43.3 Å². The van der Waals surface area contributed by atoms with Crippen molar-refractivity contribution in [1.29, 1.82) is 0 Å². The van der Waals surface area contributed by atoms with Gasteiger partial charge in [-0.3, -0.25) is 9.52 Å². The number of nitrogens with zero attached hydrogens (tertiary/aromatic N) is 3. The topological polar surface area (TPSA) is 106 Å². The second kappa shape index (κ2) is 8.60. The maximum absolute atomic E-state index is 13.2. The number of aromatic nitrogens is 3. The van der Waals surface area contributed by atoms with E-state index in [4.69, 9.17) is 0 Å². The van der Waals surface area contributed by atoms with Gasteiger partial charge in [0.05, 0.1) is 22.0 Å². The van der Waals surface area contributed by atoms with Crippen LogP contribution in [0, 0.1) is 12.7 Å². The highest BCUT2D eigenvalue weighted by Crippen LogP contribution is 2.21. The summed E-state index contributed by atoms with van der Waals surface area (Å²) in [5, 5.41) is 10.6. The normalized spacial score (nSPS) is 11.2.